The molecule has 0 spiro atoms. The Labute approximate surface area is 159 Å². The van der Waals surface area contributed by atoms with Crippen molar-refractivity contribution in [3.05, 3.63) is 64.7 Å². The van der Waals surface area contributed by atoms with Gasteiger partial charge in [0.15, 0.2) is 0 Å². The second-order valence-electron chi connectivity index (χ2n) is 6.39. The number of carbonyl (C=O) groups excluding carboxylic acids is 1. The van der Waals surface area contributed by atoms with Gasteiger partial charge in [-0.15, -0.1) is 0 Å². The second kappa shape index (κ2) is 8.66. The van der Waals surface area contributed by atoms with Gasteiger partial charge in [-0.3, -0.25) is 4.79 Å². The summed E-state index contributed by atoms with van der Waals surface area (Å²) in [6.45, 7) is 5.56. The van der Waals surface area contributed by atoms with Gasteiger partial charge in [0, 0.05) is 5.02 Å². The number of rotatable bonds is 7. The van der Waals surface area contributed by atoms with Gasteiger partial charge in [-0.25, -0.2) is 8.42 Å². The lowest BCUT2D eigenvalue weighted by Gasteiger charge is -2.21. The Balaban J connectivity index is 2.08. The molecule has 2 rings (SSSR count). The number of halogens is 1. The maximum atomic E-state index is 12.5. The molecule has 0 bridgehead atoms. The first-order valence-electron chi connectivity index (χ1n) is 8.19. The van der Waals surface area contributed by atoms with Crippen molar-refractivity contribution in [1.29, 1.82) is 0 Å². The smallest absolute Gasteiger partial charge is 0.324 e. The highest BCUT2D eigenvalue weighted by atomic mass is 35.5. The molecule has 0 aliphatic heterocycles. The average molecular weight is 396 g/mol. The van der Waals surface area contributed by atoms with E-state index < -0.39 is 22.0 Å². The van der Waals surface area contributed by atoms with E-state index in [0.29, 0.717) is 5.02 Å². The molecule has 0 amide bonds. The normalized spacial score (nSPS) is 12.8. The zero-order valence-electron chi connectivity index (χ0n) is 14.9. The summed E-state index contributed by atoms with van der Waals surface area (Å²) in [5, 5.41) is 0.432. The molecule has 0 heterocycles. The van der Waals surface area contributed by atoms with E-state index in [9.17, 15) is 13.2 Å². The molecule has 1 N–H and O–H groups in total. The molecule has 0 aliphatic rings. The fourth-order valence-corrected chi connectivity index (χ4v) is 3.69. The Hall–Kier alpha value is -1.89. The molecule has 0 aliphatic carbocycles. The van der Waals surface area contributed by atoms with E-state index in [-0.39, 0.29) is 17.4 Å². The molecule has 140 valence electrons. The van der Waals surface area contributed by atoms with Gasteiger partial charge >= 0.3 is 5.97 Å². The molecule has 7 heteroatoms. The van der Waals surface area contributed by atoms with Crippen molar-refractivity contribution in [3.63, 3.8) is 0 Å². The second-order valence-corrected chi connectivity index (χ2v) is 8.54. The van der Waals surface area contributed by atoms with Crippen LogP contribution in [0.15, 0.2) is 53.4 Å². The van der Waals surface area contributed by atoms with Crippen LogP contribution in [-0.4, -0.2) is 20.4 Å². The van der Waals surface area contributed by atoms with Gasteiger partial charge in [0.2, 0.25) is 10.0 Å². The van der Waals surface area contributed by atoms with E-state index in [4.69, 9.17) is 16.3 Å². The van der Waals surface area contributed by atoms with Gasteiger partial charge in [0.05, 0.1) is 4.90 Å². The first-order valence-corrected chi connectivity index (χ1v) is 10.1. The Morgan fingerprint density at radius 3 is 2.19 bits per heavy atom. The summed E-state index contributed by atoms with van der Waals surface area (Å²) in [6.07, 6.45) is 0. The van der Waals surface area contributed by atoms with E-state index >= 15 is 0 Å². The molecule has 0 fully saturated rings. The summed E-state index contributed by atoms with van der Waals surface area (Å²) in [6, 6.07) is 12.3. The molecular formula is C19H22ClNO4S. The van der Waals surface area contributed by atoms with Gasteiger partial charge in [-0.1, -0.05) is 55.3 Å². The van der Waals surface area contributed by atoms with Gasteiger partial charge in [0.25, 0.3) is 0 Å². The fourth-order valence-electron chi connectivity index (χ4n) is 2.23. The molecular weight excluding hydrogens is 374 g/mol. The number of ether oxygens (including phenoxy) is 1. The maximum absolute atomic E-state index is 12.5. The predicted octanol–water partition coefficient (Wildman–Crippen LogP) is 3.69. The average Bonchev–Trinajstić information content (AvgIpc) is 2.59. The van der Waals surface area contributed by atoms with Crippen LogP contribution in [0.4, 0.5) is 0 Å². The Morgan fingerprint density at radius 2 is 1.65 bits per heavy atom. The van der Waals surface area contributed by atoms with Crippen LogP contribution in [0.2, 0.25) is 5.02 Å². The number of hydrogen-bond donors (Lipinski definition) is 1. The van der Waals surface area contributed by atoms with Crippen LogP contribution in [0.5, 0.6) is 0 Å². The van der Waals surface area contributed by atoms with E-state index in [1.54, 1.807) is 13.8 Å². The maximum Gasteiger partial charge on any atom is 0.324 e. The lowest BCUT2D eigenvalue weighted by Crippen LogP contribution is -2.45. The summed E-state index contributed by atoms with van der Waals surface area (Å²) in [7, 11) is -3.86. The van der Waals surface area contributed by atoms with E-state index in [1.807, 2.05) is 31.2 Å². The van der Waals surface area contributed by atoms with Crippen molar-refractivity contribution >= 4 is 27.6 Å². The molecule has 1 atom stereocenters. The highest BCUT2D eigenvalue weighted by Gasteiger charge is 2.29. The summed E-state index contributed by atoms with van der Waals surface area (Å²) in [4.78, 5) is 12.5. The van der Waals surface area contributed by atoms with E-state index in [0.717, 1.165) is 11.1 Å². The van der Waals surface area contributed by atoms with Crippen molar-refractivity contribution in [3.8, 4) is 0 Å². The topological polar surface area (TPSA) is 72.5 Å². The number of aryl methyl sites for hydroxylation is 1. The third-order valence-electron chi connectivity index (χ3n) is 3.83. The van der Waals surface area contributed by atoms with E-state index in [1.165, 1.54) is 24.3 Å². The summed E-state index contributed by atoms with van der Waals surface area (Å²) >= 11 is 5.79. The largest absolute Gasteiger partial charge is 0.460 e. The molecule has 26 heavy (non-hydrogen) atoms. The van der Waals surface area contributed by atoms with Gasteiger partial charge in [-0.2, -0.15) is 4.72 Å². The van der Waals surface area contributed by atoms with Crippen LogP contribution in [-0.2, 0) is 26.2 Å². The first-order chi connectivity index (χ1) is 12.2. The summed E-state index contributed by atoms with van der Waals surface area (Å²) in [5.41, 5.74) is 1.95. The third kappa shape index (κ3) is 5.56. The Bertz CT molecular complexity index is 846. The number of hydrogen-bond acceptors (Lipinski definition) is 4. The van der Waals surface area contributed by atoms with Crippen LogP contribution < -0.4 is 4.72 Å². The summed E-state index contributed by atoms with van der Waals surface area (Å²) in [5.74, 6) is -0.888. The quantitative estimate of drug-likeness (QED) is 0.725. The van der Waals surface area contributed by atoms with Crippen molar-refractivity contribution < 1.29 is 17.9 Å². The molecule has 0 unspecified atom stereocenters. The number of esters is 1. The third-order valence-corrected chi connectivity index (χ3v) is 5.54. The van der Waals surface area contributed by atoms with Gasteiger partial charge < -0.3 is 4.74 Å². The van der Waals surface area contributed by atoms with E-state index in [2.05, 4.69) is 4.72 Å². The van der Waals surface area contributed by atoms with Crippen LogP contribution in [0.25, 0.3) is 0 Å². The number of sulfonamides is 1. The zero-order valence-corrected chi connectivity index (χ0v) is 16.5. The minimum Gasteiger partial charge on any atom is -0.460 e. The van der Waals surface area contributed by atoms with Crippen molar-refractivity contribution in [2.45, 2.75) is 38.3 Å². The van der Waals surface area contributed by atoms with Crippen molar-refractivity contribution in [2.24, 2.45) is 5.92 Å². The fraction of sp³-hybridized carbons (Fsp3) is 0.316. The molecule has 0 aromatic heterocycles. The van der Waals surface area contributed by atoms with Crippen LogP contribution in [0.1, 0.15) is 25.0 Å². The Kier molecular flexibility index (Phi) is 6.81. The van der Waals surface area contributed by atoms with Crippen LogP contribution in [0, 0.1) is 12.8 Å². The van der Waals surface area contributed by atoms with Crippen LogP contribution >= 0.6 is 11.6 Å². The Morgan fingerprint density at radius 1 is 1.08 bits per heavy atom. The molecule has 0 radical (unpaired) electrons. The molecule has 0 saturated heterocycles. The molecule has 0 saturated carbocycles. The lowest BCUT2D eigenvalue weighted by atomic mass is 10.1. The van der Waals surface area contributed by atoms with Crippen LogP contribution in [0.3, 0.4) is 0 Å². The lowest BCUT2D eigenvalue weighted by molar-refractivity contribution is -0.148. The zero-order chi connectivity index (χ0) is 19.3. The minimum absolute atomic E-state index is 0.0406. The number of nitrogens with one attached hydrogen (secondary N) is 1. The monoisotopic (exact) mass is 395 g/mol. The standard InChI is InChI=1S/C19H22ClNO4S/c1-13(2)18(19(22)25-12-15-6-4-14(3)5-7-15)21-26(23,24)17-10-8-16(20)9-11-17/h4-11,13,18,21H,12H2,1-3H3/t18-/m0/s1. The van der Waals surface area contributed by atoms with Crippen molar-refractivity contribution in [1.82, 2.24) is 4.72 Å². The van der Waals surface area contributed by atoms with Crippen molar-refractivity contribution in [2.75, 3.05) is 0 Å². The minimum atomic E-state index is -3.86. The predicted molar refractivity (Wildman–Crippen MR) is 101 cm³/mol. The van der Waals surface area contributed by atoms with Gasteiger partial charge in [0.1, 0.15) is 12.6 Å². The van der Waals surface area contributed by atoms with Gasteiger partial charge in [-0.05, 0) is 42.7 Å². The highest BCUT2D eigenvalue weighted by molar-refractivity contribution is 7.89. The molecule has 5 nitrogen and oxygen atoms in total. The SMILES string of the molecule is Cc1ccc(COC(=O)[C@@H](NS(=O)(=O)c2ccc(Cl)cc2)C(C)C)cc1. The highest BCUT2D eigenvalue weighted by Crippen LogP contribution is 2.16. The summed E-state index contributed by atoms with van der Waals surface area (Å²) < 4.78 is 32.8. The number of carbonyl (C=O) groups is 1. The molecule has 2 aromatic rings. The first kappa shape index (κ1) is 20.4. The molecule has 2 aromatic carbocycles. The number of benzene rings is 2.